The van der Waals surface area contributed by atoms with Gasteiger partial charge in [-0.05, 0) is 42.5 Å². The fraction of sp³-hybridized carbons (Fsp3) is 0.0667. The van der Waals surface area contributed by atoms with Crippen LogP contribution in [-0.4, -0.2) is 4.98 Å². The molecule has 96 valence electrons. The fourth-order valence-corrected chi connectivity index (χ4v) is 2.11. The molecule has 0 radical (unpaired) electrons. The Kier molecular flexibility index (Phi) is 3.13. The third-order valence-electron chi connectivity index (χ3n) is 2.93. The zero-order valence-electron chi connectivity index (χ0n) is 9.99. The molecule has 0 spiro atoms. The molecule has 1 N–H and O–H groups in total. The number of aromatic nitrogens is 1. The predicted octanol–water partition coefficient (Wildman–Crippen LogP) is 4.54. The van der Waals surface area contributed by atoms with Crippen molar-refractivity contribution in [3.8, 4) is 5.75 Å². The predicted molar refractivity (Wildman–Crippen MR) is 74.0 cm³/mol. The largest absolute Gasteiger partial charge is 0.489 e. The van der Waals surface area contributed by atoms with Crippen molar-refractivity contribution < 1.29 is 9.13 Å². The number of hydrogen-bond donors (Lipinski definition) is 1. The summed E-state index contributed by atoms with van der Waals surface area (Å²) in [6, 6.07) is 12.0. The molecule has 0 fully saturated rings. The summed E-state index contributed by atoms with van der Waals surface area (Å²) in [6.07, 6.45) is 1.87. The van der Waals surface area contributed by atoms with E-state index in [4.69, 9.17) is 16.3 Å². The van der Waals surface area contributed by atoms with Gasteiger partial charge in [-0.3, -0.25) is 0 Å². The van der Waals surface area contributed by atoms with Crippen LogP contribution >= 0.6 is 11.6 Å². The first-order valence-electron chi connectivity index (χ1n) is 5.86. The van der Waals surface area contributed by atoms with Gasteiger partial charge in [0.1, 0.15) is 18.2 Å². The van der Waals surface area contributed by atoms with Crippen LogP contribution in [0.5, 0.6) is 5.75 Å². The van der Waals surface area contributed by atoms with Gasteiger partial charge in [-0.2, -0.15) is 0 Å². The molecule has 0 amide bonds. The molecule has 3 rings (SSSR count). The number of rotatable bonds is 3. The number of aromatic amines is 1. The monoisotopic (exact) mass is 275 g/mol. The van der Waals surface area contributed by atoms with E-state index in [1.807, 2.05) is 30.5 Å². The van der Waals surface area contributed by atoms with Gasteiger partial charge in [0.2, 0.25) is 0 Å². The minimum absolute atomic E-state index is 0.243. The fourth-order valence-electron chi connectivity index (χ4n) is 1.94. The van der Waals surface area contributed by atoms with Gasteiger partial charge in [0.25, 0.3) is 0 Å². The van der Waals surface area contributed by atoms with E-state index in [0.29, 0.717) is 10.6 Å². The molecule has 3 aromatic rings. The van der Waals surface area contributed by atoms with E-state index < -0.39 is 0 Å². The topological polar surface area (TPSA) is 25.0 Å². The third-order valence-corrected chi connectivity index (χ3v) is 3.30. The average Bonchev–Trinajstić information content (AvgIpc) is 2.87. The summed E-state index contributed by atoms with van der Waals surface area (Å²) in [5.74, 6) is 0.413. The zero-order chi connectivity index (χ0) is 13.2. The summed E-state index contributed by atoms with van der Waals surface area (Å²) in [5, 5.41) is 1.58. The van der Waals surface area contributed by atoms with Crippen molar-refractivity contribution >= 4 is 22.5 Å². The Bertz CT molecular complexity index is 723. The van der Waals surface area contributed by atoms with E-state index in [-0.39, 0.29) is 12.4 Å². The average molecular weight is 276 g/mol. The summed E-state index contributed by atoms with van der Waals surface area (Å²) in [4.78, 5) is 3.11. The highest BCUT2D eigenvalue weighted by molar-refractivity contribution is 6.31. The Morgan fingerprint density at radius 2 is 2.00 bits per heavy atom. The molecule has 0 aliphatic carbocycles. The van der Waals surface area contributed by atoms with Crippen molar-refractivity contribution in [3.63, 3.8) is 0 Å². The van der Waals surface area contributed by atoms with E-state index in [1.165, 1.54) is 18.2 Å². The highest BCUT2D eigenvalue weighted by Crippen LogP contribution is 2.23. The standard InChI is InChI=1S/C15H11ClFNO/c16-14-3-1-12(17)7-11(14)9-19-13-2-4-15-10(8-13)5-6-18-15/h1-8,18H,9H2. The number of ether oxygens (including phenoxy) is 1. The summed E-state index contributed by atoms with van der Waals surface area (Å²) >= 11 is 5.99. The van der Waals surface area contributed by atoms with E-state index >= 15 is 0 Å². The first-order valence-corrected chi connectivity index (χ1v) is 6.24. The third kappa shape index (κ3) is 2.56. The highest BCUT2D eigenvalue weighted by atomic mass is 35.5. The molecule has 0 bridgehead atoms. The van der Waals surface area contributed by atoms with Crippen LogP contribution in [0.3, 0.4) is 0 Å². The zero-order valence-corrected chi connectivity index (χ0v) is 10.7. The molecule has 0 aliphatic rings. The lowest BCUT2D eigenvalue weighted by Crippen LogP contribution is -1.97. The van der Waals surface area contributed by atoms with Crippen LogP contribution in [0.1, 0.15) is 5.56 Å². The van der Waals surface area contributed by atoms with Gasteiger partial charge in [0, 0.05) is 27.7 Å². The van der Waals surface area contributed by atoms with Gasteiger partial charge >= 0.3 is 0 Å². The lowest BCUT2D eigenvalue weighted by molar-refractivity contribution is 0.306. The van der Waals surface area contributed by atoms with Gasteiger partial charge in [-0.1, -0.05) is 11.6 Å². The molecule has 0 aliphatic heterocycles. The Morgan fingerprint density at radius 3 is 2.89 bits per heavy atom. The van der Waals surface area contributed by atoms with Crippen LogP contribution in [0.4, 0.5) is 4.39 Å². The van der Waals surface area contributed by atoms with Crippen molar-refractivity contribution in [1.29, 1.82) is 0 Å². The van der Waals surface area contributed by atoms with Crippen LogP contribution in [0.25, 0.3) is 10.9 Å². The molecule has 1 aromatic heterocycles. The van der Waals surface area contributed by atoms with Crippen molar-refractivity contribution in [2.24, 2.45) is 0 Å². The van der Waals surface area contributed by atoms with Crippen LogP contribution in [0.15, 0.2) is 48.7 Å². The minimum atomic E-state index is -0.316. The second kappa shape index (κ2) is 4.94. The lowest BCUT2D eigenvalue weighted by Gasteiger charge is -2.08. The number of hydrogen-bond acceptors (Lipinski definition) is 1. The van der Waals surface area contributed by atoms with E-state index in [0.717, 1.165) is 16.7 Å². The van der Waals surface area contributed by atoms with Crippen molar-refractivity contribution in [3.05, 3.63) is 65.1 Å². The van der Waals surface area contributed by atoms with Crippen molar-refractivity contribution in [2.45, 2.75) is 6.61 Å². The molecule has 1 heterocycles. The summed E-state index contributed by atoms with van der Waals surface area (Å²) in [6.45, 7) is 0.243. The molecule has 0 saturated carbocycles. The summed E-state index contributed by atoms with van der Waals surface area (Å²) < 4.78 is 18.8. The Labute approximate surface area is 114 Å². The number of fused-ring (bicyclic) bond motifs is 1. The van der Waals surface area contributed by atoms with E-state index in [9.17, 15) is 4.39 Å². The maximum atomic E-state index is 13.1. The molecule has 0 atom stereocenters. The molecular formula is C15H11ClFNO. The normalized spacial score (nSPS) is 10.8. The number of benzene rings is 2. The summed E-state index contributed by atoms with van der Waals surface area (Å²) in [5.41, 5.74) is 1.69. The van der Waals surface area contributed by atoms with Gasteiger partial charge in [0.15, 0.2) is 0 Å². The van der Waals surface area contributed by atoms with Crippen LogP contribution < -0.4 is 4.74 Å². The Balaban J connectivity index is 1.79. The minimum Gasteiger partial charge on any atom is -0.489 e. The van der Waals surface area contributed by atoms with Gasteiger partial charge in [0.05, 0.1) is 0 Å². The van der Waals surface area contributed by atoms with Gasteiger partial charge < -0.3 is 9.72 Å². The van der Waals surface area contributed by atoms with Crippen molar-refractivity contribution in [2.75, 3.05) is 0 Å². The molecule has 2 nitrogen and oxygen atoms in total. The number of nitrogens with one attached hydrogen (secondary N) is 1. The Morgan fingerprint density at radius 1 is 1.11 bits per heavy atom. The molecule has 0 unspecified atom stereocenters. The Hall–Kier alpha value is -2.00. The molecule has 19 heavy (non-hydrogen) atoms. The quantitative estimate of drug-likeness (QED) is 0.746. The first-order chi connectivity index (χ1) is 9.22. The van der Waals surface area contributed by atoms with E-state index in [2.05, 4.69) is 4.98 Å². The molecule has 2 aromatic carbocycles. The van der Waals surface area contributed by atoms with Crippen LogP contribution in [-0.2, 0) is 6.61 Å². The summed E-state index contributed by atoms with van der Waals surface area (Å²) in [7, 11) is 0. The maximum Gasteiger partial charge on any atom is 0.123 e. The smallest absolute Gasteiger partial charge is 0.123 e. The molecule has 0 saturated heterocycles. The number of H-pyrrole nitrogens is 1. The molecule has 4 heteroatoms. The van der Waals surface area contributed by atoms with Gasteiger partial charge in [-0.15, -0.1) is 0 Å². The first kappa shape index (κ1) is 12.1. The van der Waals surface area contributed by atoms with E-state index in [1.54, 1.807) is 0 Å². The number of halogens is 2. The lowest BCUT2D eigenvalue weighted by atomic mass is 10.2. The highest BCUT2D eigenvalue weighted by Gasteiger charge is 2.04. The van der Waals surface area contributed by atoms with Crippen LogP contribution in [0.2, 0.25) is 5.02 Å². The maximum absolute atomic E-state index is 13.1. The second-order valence-electron chi connectivity index (χ2n) is 4.25. The second-order valence-corrected chi connectivity index (χ2v) is 4.66. The van der Waals surface area contributed by atoms with Gasteiger partial charge in [-0.25, -0.2) is 4.39 Å². The SMILES string of the molecule is Fc1ccc(Cl)c(COc2ccc3[nH]ccc3c2)c1. The van der Waals surface area contributed by atoms with Crippen LogP contribution in [0, 0.1) is 5.82 Å². The molecular weight excluding hydrogens is 265 g/mol. The van der Waals surface area contributed by atoms with Crippen molar-refractivity contribution in [1.82, 2.24) is 4.98 Å².